The third-order valence-electron chi connectivity index (χ3n) is 5.46. The molecule has 1 aliphatic heterocycles. The Bertz CT molecular complexity index is 882. The van der Waals surface area contributed by atoms with E-state index < -0.39 is 11.7 Å². The van der Waals surface area contributed by atoms with Crippen LogP contribution in [0, 0.1) is 5.92 Å². The molecule has 154 valence electrons. The minimum atomic E-state index is -4.35. The quantitative estimate of drug-likeness (QED) is 0.735. The van der Waals surface area contributed by atoms with Gasteiger partial charge < -0.3 is 14.4 Å². The fourth-order valence-corrected chi connectivity index (χ4v) is 3.76. The molecule has 2 aromatic carbocycles. The maximum Gasteiger partial charge on any atom is 0.416 e. The van der Waals surface area contributed by atoms with Crippen LogP contribution in [0.25, 0.3) is 0 Å². The number of hydrogen-bond donors (Lipinski definition) is 0. The number of carbonyl (C=O) groups is 1. The van der Waals surface area contributed by atoms with Crippen molar-refractivity contribution in [3.63, 3.8) is 0 Å². The predicted octanol–water partition coefficient (Wildman–Crippen LogP) is 4.50. The van der Waals surface area contributed by atoms with Crippen LogP contribution in [0.15, 0.2) is 48.5 Å². The Morgan fingerprint density at radius 2 is 1.79 bits per heavy atom. The summed E-state index contributed by atoms with van der Waals surface area (Å²) in [7, 11) is 0. The molecule has 0 N–H and O–H groups in total. The first-order valence-electron chi connectivity index (χ1n) is 9.71. The summed E-state index contributed by atoms with van der Waals surface area (Å²) in [6.07, 6.45) is -3.94. The van der Waals surface area contributed by atoms with Crippen molar-refractivity contribution >= 4 is 5.91 Å². The lowest BCUT2D eigenvalue weighted by Gasteiger charge is -2.31. The first kappa shape index (κ1) is 19.6. The van der Waals surface area contributed by atoms with Crippen LogP contribution in [0.2, 0.25) is 0 Å². The topological polar surface area (TPSA) is 38.8 Å². The van der Waals surface area contributed by atoms with E-state index in [1.165, 1.54) is 12.1 Å². The maximum atomic E-state index is 12.9. The van der Waals surface area contributed by atoms with Gasteiger partial charge in [0.25, 0.3) is 0 Å². The number of rotatable bonds is 5. The van der Waals surface area contributed by atoms with E-state index in [2.05, 4.69) is 0 Å². The maximum absolute atomic E-state index is 12.9. The molecular formula is C22H22F3NO3. The fourth-order valence-electron chi connectivity index (χ4n) is 3.76. The van der Waals surface area contributed by atoms with Crippen LogP contribution in [0.1, 0.15) is 30.4 Å². The van der Waals surface area contributed by atoms with E-state index in [0.717, 1.165) is 17.7 Å². The first-order valence-corrected chi connectivity index (χ1v) is 9.71. The largest absolute Gasteiger partial charge is 0.486 e. The lowest BCUT2D eigenvalue weighted by Crippen LogP contribution is -2.44. The number of alkyl halides is 3. The van der Waals surface area contributed by atoms with Crippen LogP contribution in [0.3, 0.4) is 0 Å². The van der Waals surface area contributed by atoms with Crippen molar-refractivity contribution in [2.75, 3.05) is 19.7 Å². The van der Waals surface area contributed by atoms with Gasteiger partial charge in [-0.3, -0.25) is 4.79 Å². The van der Waals surface area contributed by atoms with Gasteiger partial charge in [-0.1, -0.05) is 24.3 Å². The number of halogens is 3. The Labute approximate surface area is 167 Å². The summed E-state index contributed by atoms with van der Waals surface area (Å²) in [6, 6.07) is 12.5. The summed E-state index contributed by atoms with van der Waals surface area (Å²) < 4.78 is 49.8. The monoisotopic (exact) mass is 405 g/mol. The minimum absolute atomic E-state index is 0.0138. The van der Waals surface area contributed by atoms with Gasteiger partial charge in [-0.05, 0) is 49.1 Å². The van der Waals surface area contributed by atoms with Crippen molar-refractivity contribution in [3.8, 4) is 11.5 Å². The van der Waals surface area contributed by atoms with Crippen LogP contribution in [-0.4, -0.2) is 36.6 Å². The number of nitrogens with zero attached hydrogens (tertiary/aromatic N) is 1. The van der Waals surface area contributed by atoms with Gasteiger partial charge in [-0.25, -0.2) is 0 Å². The van der Waals surface area contributed by atoms with Crippen LogP contribution in [-0.2, 0) is 11.0 Å². The molecule has 0 bridgehead atoms. The summed E-state index contributed by atoms with van der Waals surface area (Å²) in [6.45, 7) is 3.23. The molecule has 1 amide bonds. The van der Waals surface area contributed by atoms with Gasteiger partial charge in [0.15, 0.2) is 17.6 Å². The molecule has 4 nitrogen and oxygen atoms in total. The summed E-state index contributed by atoms with van der Waals surface area (Å²) in [5, 5.41) is 0. The molecule has 0 radical (unpaired) electrons. The highest BCUT2D eigenvalue weighted by atomic mass is 19.4. The van der Waals surface area contributed by atoms with Gasteiger partial charge >= 0.3 is 6.18 Å². The molecular weight excluding hydrogens is 383 g/mol. The number of likely N-dealkylation sites (N-methyl/N-ethyl adjacent to an activating group) is 1. The standard InChI is InChI=1S/C22H22F3NO3/c1-2-26(12-16-13-28-19-5-3-4-6-20(19)29-16)21(27)18-11-17(18)14-7-9-15(10-8-14)22(23,24)25/h3-10,16-18H,2,11-13H2,1H3. The average molecular weight is 405 g/mol. The molecule has 2 aliphatic rings. The molecule has 0 aromatic heterocycles. The van der Waals surface area contributed by atoms with Gasteiger partial charge in [0.05, 0.1) is 12.1 Å². The number of ether oxygens (including phenoxy) is 2. The third kappa shape index (κ3) is 4.18. The normalized spacial score (nSPS) is 22.8. The molecule has 1 fully saturated rings. The van der Waals surface area contributed by atoms with E-state index in [0.29, 0.717) is 37.6 Å². The van der Waals surface area contributed by atoms with Crippen molar-refractivity contribution in [1.29, 1.82) is 0 Å². The number of benzene rings is 2. The van der Waals surface area contributed by atoms with Crippen molar-refractivity contribution in [2.24, 2.45) is 5.92 Å². The van der Waals surface area contributed by atoms with Crippen molar-refractivity contribution in [3.05, 3.63) is 59.7 Å². The Hall–Kier alpha value is -2.70. The zero-order valence-corrected chi connectivity index (χ0v) is 16.0. The second kappa shape index (κ2) is 7.61. The molecule has 1 saturated carbocycles. The second-order valence-electron chi connectivity index (χ2n) is 7.44. The van der Waals surface area contributed by atoms with Crippen LogP contribution < -0.4 is 9.47 Å². The molecule has 29 heavy (non-hydrogen) atoms. The highest BCUT2D eigenvalue weighted by Gasteiger charge is 2.46. The van der Waals surface area contributed by atoms with Gasteiger partial charge in [0, 0.05) is 12.5 Å². The van der Waals surface area contributed by atoms with Crippen molar-refractivity contribution in [1.82, 2.24) is 4.90 Å². The van der Waals surface area contributed by atoms with E-state index in [-0.39, 0.29) is 23.8 Å². The molecule has 7 heteroatoms. The van der Waals surface area contributed by atoms with Crippen LogP contribution in [0.5, 0.6) is 11.5 Å². The Morgan fingerprint density at radius 3 is 2.45 bits per heavy atom. The van der Waals surface area contributed by atoms with Crippen LogP contribution >= 0.6 is 0 Å². The van der Waals surface area contributed by atoms with Crippen molar-refractivity contribution < 1.29 is 27.4 Å². The molecule has 1 heterocycles. The SMILES string of the molecule is CCN(CC1COc2ccccc2O1)C(=O)C1CC1c1ccc(C(F)(F)F)cc1. The predicted molar refractivity (Wildman–Crippen MR) is 101 cm³/mol. The van der Waals surface area contributed by atoms with E-state index in [1.807, 2.05) is 31.2 Å². The molecule has 0 saturated heterocycles. The average Bonchev–Trinajstić information content (AvgIpc) is 3.52. The summed E-state index contributed by atoms with van der Waals surface area (Å²) in [4.78, 5) is 14.7. The van der Waals surface area contributed by atoms with Gasteiger partial charge in [0.2, 0.25) is 5.91 Å². The number of hydrogen-bond acceptors (Lipinski definition) is 3. The molecule has 2 aromatic rings. The van der Waals surface area contributed by atoms with Gasteiger partial charge in [-0.15, -0.1) is 0 Å². The lowest BCUT2D eigenvalue weighted by molar-refractivity contribution is -0.137. The third-order valence-corrected chi connectivity index (χ3v) is 5.46. The Balaban J connectivity index is 1.36. The lowest BCUT2D eigenvalue weighted by atomic mass is 10.1. The highest BCUT2D eigenvalue weighted by Crippen LogP contribution is 2.49. The Morgan fingerprint density at radius 1 is 1.10 bits per heavy atom. The molecule has 0 spiro atoms. The second-order valence-corrected chi connectivity index (χ2v) is 7.44. The first-order chi connectivity index (χ1) is 13.9. The number of amides is 1. The van der Waals surface area contributed by atoms with Crippen LogP contribution in [0.4, 0.5) is 13.2 Å². The molecule has 3 unspecified atom stereocenters. The zero-order valence-electron chi connectivity index (χ0n) is 16.0. The van der Waals surface area contributed by atoms with Gasteiger partial charge in [-0.2, -0.15) is 13.2 Å². The van der Waals surface area contributed by atoms with E-state index in [4.69, 9.17) is 9.47 Å². The minimum Gasteiger partial charge on any atom is -0.486 e. The Kier molecular flexibility index (Phi) is 5.15. The number of carbonyl (C=O) groups excluding carboxylic acids is 1. The summed E-state index contributed by atoms with van der Waals surface area (Å²) in [5.41, 5.74) is 0.105. The smallest absolute Gasteiger partial charge is 0.416 e. The fraction of sp³-hybridized carbons (Fsp3) is 0.409. The highest BCUT2D eigenvalue weighted by molar-refractivity contribution is 5.83. The molecule has 1 aliphatic carbocycles. The number of fused-ring (bicyclic) bond motifs is 1. The molecule has 3 atom stereocenters. The van der Waals surface area contributed by atoms with E-state index >= 15 is 0 Å². The number of para-hydroxylation sites is 2. The van der Waals surface area contributed by atoms with E-state index in [9.17, 15) is 18.0 Å². The molecule has 4 rings (SSSR count). The summed E-state index contributed by atoms with van der Waals surface area (Å²) >= 11 is 0. The van der Waals surface area contributed by atoms with E-state index in [1.54, 1.807) is 4.90 Å². The summed E-state index contributed by atoms with van der Waals surface area (Å²) in [5.74, 6) is 1.16. The van der Waals surface area contributed by atoms with Crippen molar-refractivity contribution in [2.45, 2.75) is 31.5 Å². The van der Waals surface area contributed by atoms with Gasteiger partial charge in [0.1, 0.15) is 6.61 Å². The zero-order chi connectivity index (χ0) is 20.6.